The van der Waals surface area contributed by atoms with Crippen LogP contribution in [0.1, 0.15) is 37.1 Å². The number of carbonyl (C=O) groups excluding carboxylic acids is 1. The van der Waals surface area contributed by atoms with Gasteiger partial charge >= 0.3 is 0 Å². The Balaban J connectivity index is 1.72. The van der Waals surface area contributed by atoms with Crippen LogP contribution >= 0.6 is 15.9 Å². The van der Waals surface area contributed by atoms with Crippen molar-refractivity contribution in [2.24, 2.45) is 0 Å². The normalized spacial score (nSPS) is 17.4. The standard InChI is InChI=1S/C21H22BrN3O/c1-3-11-24-19-9-5-4-8-17(19)23-21(24)15-12-20(26)25(13-15)18-10-6-7-16(22)14(18)2/h4-10,15H,3,11-13H2,1-2H3. The summed E-state index contributed by atoms with van der Waals surface area (Å²) in [5.74, 6) is 1.34. The van der Waals surface area contributed by atoms with Gasteiger partial charge in [-0.25, -0.2) is 4.98 Å². The molecule has 1 saturated heterocycles. The molecule has 0 radical (unpaired) electrons. The van der Waals surface area contributed by atoms with Gasteiger partial charge in [0, 0.05) is 35.6 Å². The summed E-state index contributed by atoms with van der Waals surface area (Å²) in [4.78, 5) is 19.6. The fourth-order valence-electron chi connectivity index (χ4n) is 3.87. The SMILES string of the molecule is CCCn1c(C2CC(=O)N(c3cccc(Br)c3C)C2)nc2ccccc21. The number of para-hydroxylation sites is 2. The van der Waals surface area contributed by atoms with Crippen molar-refractivity contribution in [3.8, 4) is 0 Å². The van der Waals surface area contributed by atoms with Crippen molar-refractivity contribution < 1.29 is 4.79 Å². The van der Waals surface area contributed by atoms with E-state index in [0.717, 1.165) is 45.5 Å². The number of fused-ring (bicyclic) bond motifs is 1. The fraction of sp³-hybridized carbons (Fsp3) is 0.333. The molecule has 1 aromatic heterocycles. The summed E-state index contributed by atoms with van der Waals surface area (Å²) >= 11 is 3.57. The van der Waals surface area contributed by atoms with Gasteiger partial charge in [-0.3, -0.25) is 4.79 Å². The molecule has 2 heterocycles. The maximum Gasteiger partial charge on any atom is 0.227 e. The summed E-state index contributed by atoms with van der Waals surface area (Å²) in [6.07, 6.45) is 1.56. The average Bonchev–Trinajstić information content (AvgIpc) is 3.19. The number of aryl methyl sites for hydroxylation is 1. The van der Waals surface area contributed by atoms with E-state index in [-0.39, 0.29) is 11.8 Å². The first-order valence-corrected chi connectivity index (χ1v) is 9.90. The van der Waals surface area contributed by atoms with Gasteiger partial charge < -0.3 is 9.47 Å². The molecular weight excluding hydrogens is 390 g/mol. The van der Waals surface area contributed by atoms with Crippen molar-refractivity contribution in [3.05, 3.63) is 58.3 Å². The Morgan fingerprint density at radius 2 is 2.00 bits per heavy atom. The van der Waals surface area contributed by atoms with Crippen molar-refractivity contribution in [2.75, 3.05) is 11.4 Å². The lowest BCUT2D eigenvalue weighted by molar-refractivity contribution is -0.117. The van der Waals surface area contributed by atoms with E-state index in [2.05, 4.69) is 45.6 Å². The Labute approximate surface area is 162 Å². The van der Waals surface area contributed by atoms with E-state index in [1.54, 1.807) is 0 Å². The highest BCUT2D eigenvalue weighted by molar-refractivity contribution is 9.10. The number of amides is 1. The summed E-state index contributed by atoms with van der Waals surface area (Å²) in [6, 6.07) is 14.3. The Bertz CT molecular complexity index is 979. The number of benzene rings is 2. The molecule has 1 unspecified atom stereocenters. The molecule has 1 aliphatic heterocycles. The second-order valence-electron chi connectivity index (χ2n) is 6.90. The lowest BCUT2D eigenvalue weighted by Crippen LogP contribution is -2.25. The molecule has 4 rings (SSSR count). The van der Waals surface area contributed by atoms with Crippen LogP contribution < -0.4 is 4.90 Å². The van der Waals surface area contributed by atoms with Crippen LogP contribution in [0.5, 0.6) is 0 Å². The number of anilines is 1. The van der Waals surface area contributed by atoms with E-state index in [9.17, 15) is 4.79 Å². The Morgan fingerprint density at radius 3 is 2.81 bits per heavy atom. The van der Waals surface area contributed by atoms with E-state index in [1.165, 1.54) is 0 Å². The summed E-state index contributed by atoms with van der Waals surface area (Å²) in [5, 5.41) is 0. The molecule has 1 aliphatic rings. The first-order valence-electron chi connectivity index (χ1n) is 9.10. The second kappa shape index (κ2) is 6.88. The molecule has 0 spiro atoms. The molecule has 5 heteroatoms. The highest BCUT2D eigenvalue weighted by Crippen LogP contribution is 2.36. The van der Waals surface area contributed by atoms with Crippen LogP contribution in [0.4, 0.5) is 5.69 Å². The summed E-state index contributed by atoms with van der Waals surface area (Å²) < 4.78 is 3.33. The number of hydrogen-bond donors (Lipinski definition) is 0. The molecule has 134 valence electrons. The van der Waals surface area contributed by atoms with Crippen molar-refractivity contribution >= 4 is 38.6 Å². The lowest BCUT2D eigenvalue weighted by Gasteiger charge is -2.20. The van der Waals surface area contributed by atoms with Crippen LogP contribution in [0.2, 0.25) is 0 Å². The highest BCUT2D eigenvalue weighted by Gasteiger charge is 2.35. The van der Waals surface area contributed by atoms with Crippen LogP contribution in [-0.4, -0.2) is 22.0 Å². The first kappa shape index (κ1) is 17.3. The number of rotatable bonds is 4. The van der Waals surface area contributed by atoms with Gasteiger partial charge in [-0.1, -0.05) is 41.1 Å². The van der Waals surface area contributed by atoms with E-state index in [4.69, 9.17) is 4.98 Å². The number of aromatic nitrogens is 2. The summed E-state index contributed by atoms with van der Waals surface area (Å²) in [5.41, 5.74) is 4.27. The van der Waals surface area contributed by atoms with Crippen molar-refractivity contribution in [3.63, 3.8) is 0 Å². The van der Waals surface area contributed by atoms with Crippen LogP contribution in [-0.2, 0) is 11.3 Å². The van der Waals surface area contributed by atoms with Crippen LogP contribution in [0, 0.1) is 6.92 Å². The molecule has 1 fully saturated rings. The lowest BCUT2D eigenvalue weighted by atomic mass is 10.1. The van der Waals surface area contributed by atoms with E-state index >= 15 is 0 Å². The monoisotopic (exact) mass is 411 g/mol. The zero-order valence-electron chi connectivity index (χ0n) is 15.1. The molecule has 2 aromatic carbocycles. The maximum atomic E-state index is 12.8. The Morgan fingerprint density at radius 1 is 1.19 bits per heavy atom. The summed E-state index contributed by atoms with van der Waals surface area (Å²) in [7, 11) is 0. The first-order chi connectivity index (χ1) is 12.6. The third-order valence-corrected chi connectivity index (χ3v) is 6.01. The molecule has 1 amide bonds. The van der Waals surface area contributed by atoms with E-state index < -0.39 is 0 Å². The molecule has 0 bridgehead atoms. The van der Waals surface area contributed by atoms with Gasteiger partial charge in [0.2, 0.25) is 5.91 Å². The largest absolute Gasteiger partial charge is 0.328 e. The number of carbonyl (C=O) groups is 1. The van der Waals surface area contributed by atoms with Crippen LogP contribution in [0.3, 0.4) is 0 Å². The van der Waals surface area contributed by atoms with Gasteiger partial charge in [-0.05, 0) is 43.2 Å². The quantitative estimate of drug-likeness (QED) is 0.602. The van der Waals surface area contributed by atoms with Gasteiger partial charge in [0.1, 0.15) is 5.82 Å². The summed E-state index contributed by atoms with van der Waals surface area (Å²) in [6.45, 7) is 5.83. The maximum absolute atomic E-state index is 12.8. The van der Waals surface area contributed by atoms with Gasteiger partial charge in [0.25, 0.3) is 0 Å². The molecule has 26 heavy (non-hydrogen) atoms. The average molecular weight is 412 g/mol. The predicted octanol–water partition coefficient (Wildman–Crippen LogP) is 5.04. The minimum atomic E-state index is 0.125. The predicted molar refractivity (Wildman–Crippen MR) is 109 cm³/mol. The van der Waals surface area contributed by atoms with E-state index in [0.29, 0.717) is 13.0 Å². The van der Waals surface area contributed by atoms with Crippen molar-refractivity contribution in [2.45, 2.75) is 39.2 Å². The van der Waals surface area contributed by atoms with Crippen LogP contribution in [0.25, 0.3) is 11.0 Å². The van der Waals surface area contributed by atoms with Crippen LogP contribution in [0.15, 0.2) is 46.9 Å². The third-order valence-electron chi connectivity index (χ3n) is 5.15. The zero-order chi connectivity index (χ0) is 18.3. The second-order valence-corrected chi connectivity index (χ2v) is 7.75. The number of nitrogens with zero attached hydrogens (tertiary/aromatic N) is 3. The molecule has 3 aromatic rings. The Hall–Kier alpha value is -2.14. The zero-order valence-corrected chi connectivity index (χ0v) is 16.7. The third kappa shape index (κ3) is 2.84. The topological polar surface area (TPSA) is 38.1 Å². The van der Waals surface area contributed by atoms with Crippen molar-refractivity contribution in [1.29, 1.82) is 0 Å². The molecular formula is C21H22BrN3O. The molecule has 0 N–H and O–H groups in total. The van der Waals surface area contributed by atoms with Gasteiger partial charge in [-0.15, -0.1) is 0 Å². The fourth-order valence-corrected chi connectivity index (χ4v) is 4.22. The van der Waals surface area contributed by atoms with Gasteiger partial charge in [-0.2, -0.15) is 0 Å². The molecule has 4 nitrogen and oxygen atoms in total. The molecule has 0 aliphatic carbocycles. The minimum absolute atomic E-state index is 0.125. The van der Waals surface area contributed by atoms with Gasteiger partial charge in [0.15, 0.2) is 0 Å². The molecule has 0 saturated carbocycles. The van der Waals surface area contributed by atoms with E-state index in [1.807, 2.05) is 36.1 Å². The highest BCUT2D eigenvalue weighted by atomic mass is 79.9. The Kier molecular flexibility index (Phi) is 4.57. The number of hydrogen-bond acceptors (Lipinski definition) is 2. The number of imidazole rings is 1. The smallest absolute Gasteiger partial charge is 0.227 e. The number of halogens is 1. The van der Waals surface area contributed by atoms with Gasteiger partial charge in [0.05, 0.1) is 11.0 Å². The molecule has 1 atom stereocenters. The van der Waals surface area contributed by atoms with Crippen molar-refractivity contribution in [1.82, 2.24) is 9.55 Å². The minimum Gasteiger partial charge on any atom is -0.328 e.